The van der Waals surface area contributed by atoms with Crippen molar-refractivity contribution in [3.05, 3.63) is 30.0 Å². The average molecular weight is 302 g/mol. The van der Waals surface area contributed by atoms with Crippen LogP contribution in [0, 0.1) is 0 Å². The predicted molar refractivity (Wildman–Crippen MR) is 76.3 cm³/mol. The molecule has 1 aromatic heterocycles. The topological polar surface area (TPSA) is 90.7 Å². The highest BCUT2D eigenvalue weighted by atomic mass is 16.6. The molecule has 1 aromatic carbocycles. The lowest BCUT2D eigenvalue weighted by Crippen LogP contribution is -2.15. The van der Waals surface area contributed by atoms with Gasteiger partial charge in [-0.2, -0.15) is 5.10 Å². The first kappa shape index (κ1) is 14.1. The number of aliphatic carboxylic acids is 1. The largest absolute Gasteiger partial charge is 0.486 e. The van der Waals surface area contributed by atoms with Gasteiger partial charge in [-0.1, -0.05) is 0 Å². The molecule has 7 heteroatoms. The molecule has 2 aromatic rings. The lowest BCUT2D eigenvalue weighted by Gasteiger charge is -2.18. The maximum absolute atomic E-state index is 11.2. The molecule has 0 aliphatic carbocycles. The van der Waals surface area contributed by atoms with Gasteiger partial charge in [-0.05, 0) is 18.2 Å². The molecule has 22 heavy (non-hydrogen) atoms. The van der Waals surface area contributed by atoms with Gasteiger partial charge in [0.1, 0.15) is 18.9 Å². The van der Waals surface area contributed by atoms with Crippen LogP contribution in [0.2, 0.25) is 0 Å². The summed E-state index contributed by atoms with van der Waals surface area (Å²) in [5, 5.41) is 13.0. The third-order valence-electron chi connectivity index (χ3n) is 3.29. The molecule has 0 saturated carbocycles. The Morgan fingerprint density at radius 1 is 1.32 bits per heavy atom. The SMILES string of the molecule is O=Cc1cn(CCC(=O)O)nc1-c1ccc2c(c1)OCCO2. The summed E-state index contributed by atoms with van der Waals surface area (Å²) in [5.74, 6) is 0.359. The number of aromatic nitrogens is 2. The number of ether oxygens (including phenoxy) is 2. The van der Waals surface area contributed by atoms with Crippen LogP contribution in [0.3, 0.4) is 0 Å². The average Bonchev–Trinajstić information content (AvgIpc) is 2.96. The van der Waals surface area contributed by atoms with E-state index in [-0.39, 0.29) is 13.0 Å². The summed E-state index contributed by atoms with van der Waals surface area (Å²) in [4.78, 5) is 21.8. The van der Waals surface area contributed by atoms with Gasteiger partial charge in [-0.15, -0.1) is 0 Å². The van der Waals surface area contributed by atoms with Crippen LogP contribution in [0.4, 0.5) is 0 Å². The third-order valence-corrected chi connectivity index (χ3v) is 3.29. The maximum Gasteiger partial charge on any atom is 0.305 e. The first-order valence-corrected chi connectivity index (χ1v) is 6.82. The molecule has 1 aliphatic heterocycles. The second-order valence-electron chi connectivity index (χ2n) is 4.82. The van der Waals surface area contributed by atoms with Crippen LogP contribution in [-0.2, 0) is 11.3 Å². The normalized spacial score (nSPS) is 12.9. The second-order valence-corrected chi connectivity index (χ2v) is 4.82. The molecular formula is C15H14N2O5. The molecule has 0 atom stereocenters. The number of fused-ring (bicyclic) bond motifs is 1. The van der Waals surface area contributed by atoms with Crippen molar-refractivity contribution in [2.24, 2.45) is 0 Å². The van der Waals surface area contributed by atoms with E-state index in [1.165, 1.54) is 4.68 Å². The van der Waals surface area contributed by atoms with Crippen LogP contribution in [0.25, 0.3) is 11.3 Å². The van der Waals surface area contributed by atoms with E-state index >= 15 is 0 Å². The van der Waals surface area contributed by atoms with Crippen LogP contribution >= 0.6 is 0 Å². The summed E-state index contributed by atoms with van der Waals surface area (Å²) in [7, 11) is 0. The van der Waals surface area contributed by atoms with E-state index < -0.39 is 5.97 Å². The minimum absolute atomic E-state index is 0.0550. The molecule has 2 heterocycles. The number of benzene rings is 1. The Balaban J connectivity index is 1.93. The second kappa shape index (κ2) is 5.88. The molecule has 7 nitrogen and oxygen atoms in total. The molecule has 0 amide bonds. The van der Waals surface area contributed by atoms with E-state index in [0.717, 1.165) is 5.56 Å². The van der Waals surface area contributed by atoms with Gasteiger partial charge in [0.2, 0.25) is 0 Å². The Labute approximate surface area is 126 Å². The summed E-state index contributed by atoms with van der Waals surface area (Å²) in [6.45, 7) is 1.19. The smallest absolute Gasteiger partial charge is 0.305 e. The molecule has 0 spiro atoms. The fraction of sp³-hybridized carbons (Fsp3) is 0.267. The lowest BCUT2D eigenvalue weighted by molar-refractivity contribution is -0.137. The molecule has 3 rings (SSSR count). The van der Waals surface area contributed by atoms with Crippen LogP contribution in [0.15, 0.2) is 24.4 Å². The maximum atomic E-state index is 11.2. The number of nitrogens with zero attached hydrogens (tertiary/aromatic N) is 2. The number of carbonyl (C=O) groups is 2. The summed E-state index contributed by atoms with van der Waals surface area (Å²) in [6.07, 6.45) is 2.19. The zero-order chi connectivity index (χ0) is 15.5. The number of aryl methyl sites for hydroxylation is 1. The van der Waals surface area contributed by atoms with Gasteiger partial charge in [0.15, 0.2) is 17.8 Å². The Morgan fingerprint density at radius 3 is 2.82 bits per heavy atom. The zero-order valence-electron chi connectivity index (χ0n) is 11.7. The van der Waals surface area contributed by atoms with E-state index in [0.29, 0.717) is 42.3 Å². The summed E-state index contributed by atoms with van der Waals surface area (Å²) >= 11 is 0. The zero-order valence-corrected chi connectivity index (χ0v) is 11.7. The molecule has 0 radical (unpaired) electrons. The molecule has 114 valence electrons. The van der Waals surface area contributed by atoms with Crippen LogP contribution < -0.4 is 9.47 Å². The number of carbonyl (C=O) groups excluding carboxylic acids is 1. The van der Waals surface area contributed by atoms with E-state index in [1.54, 1.807) is 24.4 Å². The summed E-state index contributed by atoms with van der Waals surface area (Å²) in [6, 6.07) is 5.34. The van der Waals surface area contributed by atoms with E-state index in [4.69, 9.17) is 14.6 Å². The van der Waals surface area contributed by atoms with Crippen molar-refractivity contribution in [3.63, 3.8) is 0 Å². The highest BCUT2D eigenvalue weighted by Gasteiger charge is 2.16. The van der Waals surface area contributed by atoms with Gasteiger partial charge in [-0.25, -0.2) is 0 Å². The van der Waals surface area contributed by atoms with Crippen molar-refractivity contribution in [3.8, 4) is 22.8 Å². The number of hydrogen-bond donors (Lipinski definition) is 1. The Hall–Kier alpha value is -2.83. The highest BCUT2D eigenvalue weighted by molar-refractivity contribution is 5.85. The molecule has 1 aliphatic rings. The van der Waals surface area contributed by atoms with Gasteiger partial charge in [0.05, 0.1) is 18.5 Å². The number of carboxylic acid groups (broad SMARTS) is 1. The van der Waals surface area contributed by atoms with Crippen LogP contribution in [0.1, 0.15) is 16.8 Å². The standard InChI is InChI=1S/C15H14N2O5/c18-9-11-8-17(4-3-14(19)20)16-15(11)10-1-2-12-13(7-10)22-6-5-21-12/h1-2,7-9H,3-6H2,(H,19,20). The van der Waals surface area contributed by atoms with Crippen molar-refractivity contribution in [2.45, 2.75) is 13.0 Å². The number of rotatable bonds is 5. The Bertz CT molecular complexity index is 723. The first-order chi connectivity index (χ1) is 10.7. The highest BCUT2D eigenvalue weighted by Crippen LogP contribution is 2.34. The molecular weight excluding hydrogens is 288 g/mol. The minimum atomic E-state index is -0.913. The lowest BCUT2D eigenvalue weighted by atomic mass is 10.1. The number of hydrogen-bond acceptors (Lipinski definition) is 5. The Morgan fingerprint density at radius 2 is 2.09 bits per heavy atom. The Kier molecular flexibility index (Phi) is 3.78. The van der Waals surface area contributed by atoms with Crippen LogP contribution in [-0.4, -0.2) is 40.4 Å². The fourth-order valence-corrected chi connectivity index (χ4v) is 2.26. The molecule has 0 saturated heterocycles. The van der Waals surface area contributed by atoms with Crippen LogP contribution in [0.5, 0.6) is 11.5 Å². The van der Waals surface area contributed by atoms with Gasteiger partial charge in [-0.3, -0.25) is 14.3 Å². The molecule has 0 fully saturated rings. The van der Waals surface area contributed by atoms with Gasteiger partial charge in [0.25, 0.3) is 0 Å². The number of carboxylic acids is 1. The van der Waals surface area contributed by atoms with Crippen molar-refractivity contribution < 1.29 is 24.2 Å². The van der Waals surface area contributed by atoms with Crippen molar-refractivity contribution in [1.29, 1.82) is 0 Å². The van der Waals surface area contributed by atoms with Gasteiger partial charge in [0, 0.05) is 11.8 Å². The van der Waals surface area contributed by atoms with E-state index in [1.807, 2.05) is 0 Å². The molecule has 0 unspecified atom stereocenters. The van der Waals surface area contributed by atoms with Crippen molar-refractivity contribution >= 4 is 12.3 Å². The minimum Gasteiger partial charge on any atom is -0.486 e. The monoisotopic (exact) mass is 302 g/mol. The summed E-state index contributed by atoms with van der Waals surface area (Å²) in [5.41, 5.74) is 1.62. The fourth-order valence-electron chi connectivity index (χ4n) is 2.26. The predicted octanol–water partition coefficient (Wildman–Crippen LogP) is 1.61. The third kappa shape index (κ3) is 2.78. The van der Waals surface area contributed by atoms with Crippen molar-refractivity contribution in [1.82, 2.24) is 9.78 Å². The van der Waals surface area contributed by atoms with Crippen molar-refractivity contribution in [2.75, 3.05) is 13.2 Å². The number of aldehydes is 1. The van der Waals surface area contributed by atoms with Gasteiger partial charge >= 0.3 is 5.97 Å². The van der Waals surface area contributed by atoms with E-state index in [9.17, 15) is 9.59 Å². The molecule has 0 bridgehead atoms. The molecule has 1 N–H and O–H groups in total. The first-order valence-electron chi connectivity index (χ1n) is 6.82. The van der Waals surface area contributed by atoms with E-state index in [2.05, 4.69) is 5.10 Å². The van der Waals surface area contributed by atoms with Gasteiger partial charge < -0.3 is 14.6 Å². The quantitative estimate of drug-likeness (QED) is 0.844. The summed E-state index contributed by atoms with van der Waals surface area (Å²) < 4.78 is 12.4.